The predicted octanol–water partition coefficient (Wildman–Crippen LogP) is 2.20. The van der Waals surface area contributed by atoms with Gasteiger partial charge in [0.25, 0.3) is 0 Å². The van der Waals surface area contributed by atoms with Crippen molar-refractivity contribution < 1.29 is 24.6 Å². The van der Waals surface area contributed by atoms with Gasteiger partial charge in [-0.3, -0.25) is 14.8 Å². The highest BCUT2D eigenvalue weighted by Crippen LogP contribution is 2.15. The highest BCUT2D eigenvalue weighted by Gasteiger charge is 2.16. The van der Waals surface area contributed by atoms with E-state index in [0.29, 0.717) is 31.1 Å². The van der Waals surface area contributed by atoms with E-state index in [4.69, 9.17) is 15.6 Å². The molecule has 8 nitrogen and oxygen atoms in total. The first kappa shape index (κ1) is 24.3. The summed E-state index contributed by atoms with van der Waals surface area (Å²) in [6.45, 7) is 2.41. The van der Waals surface area contributed by atoms with E-state index in [0.717, 1.165) is 16.9 Å². The molecular formula is C23H31N3O5. The summed E-state index contributed by atoms with van der Waals surface area (Å²) in [7, 11) is 0. The first-order valence-electron chi connectivity index (χ1n) is 10.3. The third kappa shape index (κ3) is 9.17. The molecule has 8 heteroatoms. The van der Waals surface area contributed by atoms with Gasteiger partial charge in [-0.1, -0.05) is 42.5 Å². The number of carbonyl (C=O) groups is 2. The highest BCUT2D eigenvalue weighted by atomic mass is 16.5. The smallest absolute Gasteiger partial charge is 0.320 e. The fourth-order valence-corrected chi connectivity index (χ4v) is 2.93. The zero-order valence-corrected chi connectivity index (χ0v) is 17.7. The molecule has 0 unspecified atom stereocenters. The number of benzene rings is 2. The minimum Gasteiger partial charge on any atom is -0.489 e. The molecule has 0 aliphatic heterocycles. The van der Waals surface area contributed by atoms with Crippen molar-refractivity contribution in [2.45, 2.75) is 44.9 Å². The van der Waals surface area contributed by atoms with Crippen LogP contribution in [0.5, 0.6) is 5.75 Å². The number of carboxylic acid groups (broad SMARTS) is 1. The van der Waals surface area contributed by atoms with E-state index in [1.54, 1.807) is 0 Å². The van der Waals surface area contributed by atoms with Crippen molar-refractivity contribution in [2.24, 2.45) is 5.73 Å². The first-order chi connectivity index (χ1) is 14.8. The molecule has 2 aromatic rings. The lowest BCUT2D eigenvalue weighted by Gasteiger charge is -2.20. The molecule has 0 aliphatic rings. The molecule has 0 fully saturated rings. The third-order valence-electron chi connectivity index (χ3n) is 4.75. The number of rotatable bonds is 13. The van der Waals surface area contributed by atoms with Crippen molar-refractivity contribution in [3.8, 4) is 5.75 Å². The minimum atomic E-state index is -0.947. The Morgan fingerprint density at radius 3 is 2.42 bits per heavy atom. The topological polar surface area (TPSA) is 125 Å². The van der Waals surface area contributed by atoms with Crippen LogP contribution in [-0.2, 0) is 22.6 Å². The molecule has 168 valence electrons. The third-order valence-corrected chi connectivity index (χ3v) is 4.75. The summed E-state index contributed by atoms with van der Waals surface area (Å²) >= 11 is 0. The molecule has 0 aliphatic carbocycles. The molecule has 0 bridgehead atoms. The number of nitrogens with one attached hydrogen (secondary N) is 1. The Morgan fingerprint density at radius 1 is 1.10 bits per heavy atom. The second kappa shape index (κ2) is 12.7. The summed E-state index contributed by atoms with van der Waals surface area (Å²) < 4.78 is 5.76. The van der Waals surface area contributed by atoms with Gasteiger partial charge in [-0.05, 0) is 49.6 Å². The van der Waals surface area contributed by atoms with E-state index in [9.17, 15) is 14.8 Å². The standard InChI is InChI=1S/C23H31N3O5/c1-17(23(28)29)25-13-5-8-22(27)26(30)15-20(24)14-18-9-11-21(12-10-18)31-16-19-6-3-2-4-7-19/h2-4,6-7,9-12,17,20,25,30H,5,8,13-16,24H2,1H3,(H,28,29)/t17-,20-/m0/s1. The SMILES string of the molecule is C[C@H](NCCCC(=O)N(O)C[C@@H](N)Cc1ccc(OCc2ccccc2)cc1)C(=O)O. The van der Waals surface area contributed by atoms with Gasteiger partial charge in [0.2, 0.25) is 5.91 Å². The zero-order chi connectivity index (χ0) is 22.6. The summed E-state index contributed by atoms with van der Waals surface area (Å²) in [6, 6.07) is 16.4. The van der Waals surface area contributed by atoms with Gasteiger partial charge in [-0.15, -0.1) is 0 Å². The average Bonchev–Trinajstić information content (AvgIpc) is 2.76. The van der Waals surface area contributed by atoms with Crippen molar-refractivity contribution in [3.05, 3.63) is 65.7 Å². The number of nitrogens with two attached hydrogens (primary N) is 1. The second-order valence-electron chi connectivity index (χ2n) is 7.48. The number of nitrogens with zero attached hydrogens (tertiary/aromatic N) is 1. The number of hydrogen-bond acceptors (Lipinski definition) is 6. The van der Waals surface area contributed by atoms with E-state index in [2.05, 4.69) is 5.32 Å². The highest BCUT2D eigenvalue weighted by molar-refractivity contribution is 5.75. The molecule has 2 rings (SSSR count). The molecule has 2 aromatic carbocycles. The van der Waals surface area contributed by atoms with Gasteiger partial charge >= 0.3 is 5.97 Å². The molecule has 5 N–H and O–H groups in total. The Hall–Kier alpha value is -2.94. The Morgan fingerprint density at radius 2 is 1.77 bits per heavy atom. The number of amides is 1. The van der Waals surface area contributed by atoms with Crippen molar-refractivity contribution in [1.29, 1.82) is 0 Å². The van der Waals surface area contributed by atoms with Gasteiger partial charge in [0.05, 0.1) is 6.54 Å². The molecular weight excluding hydrogens is 398 g/mol. The largest absolute Gasteiger partial charge is 0.489 e. The van der Waals surface area contributed by atoms with Crippen LogP contribution < -0.4 is 15.8 Å². The van der Waals surface area contributed by atoms with Gasteiger partial charge in [0.15, 0.2) is 0 Å². The average molecular weight is 430 g/mol. The maximum absolute atomic E-state index is 12.0. The number of ether oxygens (including phenoxy) is 1. The maximum atomic E-state index is 12.0. The second-order valence-corrected chi connectivity index (χ2v) is 7.48. The lowest BCUT2D eigenvalue weighted by molar-refractivity contribution is -0.166. The van der Waals surface area contributed by atoms with Crippen LogP contribution in [0.4, 0.5) is 0 Å². The summed E-state index contributed by atoms with van der Waals surface area (Å²) in [6.07, 6.45) is 1.03. The molecule has 1 amide bonds. The Kier molecular flexibility index (Phi) is 9.96. The van der Waals surface area contributed by atoms with Crippen LogP contribution in [-0.4, -0.2) is 52.4 Å². The molecule has 0 aromatic heterocycles. The van der Waals surface area contributed by atoms with E-state index in [1.165, 1.54) is 6.92 Å². The summed E-state index contributed by atoms with van der Waals surface area (Å²) in [5, 5.41) is 22.2. The van der Waals surface area contributed by atoms with Gasteiger partial charge in [0.1, 0.15) is 18.4 Å². The van der Waals surface area contributed by atoms with E-state index in [-0.39, 0.29) is 13.0 Å². The molecule has 31 heavy (non-hydrogen) atoms. The van der Waals surface area contributed by atoms with Gasteiger partial charge < -0.3 is 20.9 Å². The Balaban J connectivity index is 1.69. The van der Waals surface area contributed by atoms with Crippen LogP contribution in [0.3, 0.4) is 0 Å². The van der Waals surface area contributed by atoms with Crippen LogP contribution >= 0.6 is 0 Å². The van der Waals surface area contributed by atoms with Crippen LogP contribution in [0, 0.1) is 0 Å². The summed E-state index contributed by atoms with van der Waals surface area (Å²) in [5.74, 6) is -0.632. The van der Waals surface area contributed by atoms with Crippen molar-refractivity contribution >= 4 is 11.9 Å². The number of aliphatic carboxylic acids is 1. The van der Waals surface area contributed by atoms with E-state index >= 15 is 0 Å². The molecule has 0 saturated carbocycles. The molecule has 2 atom stereocenters. The lowest BCUT2D eigenvalue weighted by atomic mass is 10.1. The predicted molar refractivity (Wildman–Crippen MR) is 117 cm³/mol. The summed E-state index contributed by atoms with van der Waals surface area (Å²) in [4.78, 5) is 22.7. The summed E-state index contributed by atoms with van der Waals surface area (Å²) in [5.41, 5.74) is 8.15. The van der Waals surface area contributed by atoms with Crippen molar-refractivity contribution in [1.82, 2.24) is 10.4 Å². The van der Waals surface area contributed by atoms with Crippen molar-refractivity contribution in [3.63, 3.8) is 0 Å². The lowest BCUT2D eigenvalue weighted by Crippen LogP contribution is -2.40. The van der Waals surface area contributed by atoms with Crippen LogP contribution in [0.2, 0.25) is 0 Å². The van der Waals surface area contributed by atoms with E-state index in [1.807, 2.05) is 54.6 Å². The maximum Gasteiger partial charge on any atom is 0.320 e. The van der Waals surface area contributed by atoms with Crippen LogP contribution in [0.15, 0.2) is 54.6 Å². The quantitative estimate of drug-likeness (QED) is 0.218. The van der Waals surface area contributed by atoms with E-state index < -0.39 is 24.0 Å². The molecule has 0 spiro atoms. The number of hydroxylamine groups is 2. The monoisotopic (exact) mass is 429 g/mol. The number of carbonyl (C=O) groups excluding carboxylic acids is 1. The number of carboxylic acids is 1. The number of hydrogen-bond donors (Lipinski definition) is 4. The fourth-order valence-electron chi connectivity index (χ4n) is 2.93. The molecule has 0 heterocycles. The minimum absolute atomic E-state index is 0.0179. The van der Waals surface area contributed by atoms with Gasteiger partial charge in [-0.2, -0.15) is 0 Å². The normalized spacial score (nSPS) is 12.7. The first-order valence-corrected chi connectivity index (χ1v) is 10.3. The fraction of sp³-hybridized carbons (Fsp3) is 0.391. The van der Waals surface area contributed by atoms with Gasteiger partial charge in [0, 0.05) is 12.5 Å². The Labute approximate surface area is 182 Å². The Bertz CT molecular complexity index is 814. The van der Waals surface area contributed by atoms with Gasteiger partial charge in [-0.25, -0.2) is 5.06 Å². The zero-order valence-electron chi connectivity index (χ0n) is 17.7. The van der Waals surface area contributed by atoms with Crippen molar-refractivity contribution in [2.75, 3.05) is 13.1 Å². The molecule has 0 radical (unpaired) electrons. The molecule has 0 saturated heterocycles. The van der Waals surface area contributed by atoms with Crippen LogP contribution in [0.1, 0.15) is 30.9 Å². The van der Waals surface area contributed by atoms with Crippen LogP contribution in [0.25, 0.3) is 0 Å².